The van der Waals surface area contributed by atoms with Gasteiger partial charge in [-0.25, -0.2) is 0 Å². The molecule has 1 unspecified atom stereocenters. The Hall–Kier alpha value is -3.86. The van der Waals surface area contributed by atoms with Crippen molar-refractivity contribution in [2.24, 2.45) is 16.1 Å². The lowest BCUT2D eigenvalue weighted by molar-refractivity contribution is -0.121. The smallest absolute Gasteiger partial charge is 0.276 e. The highest BCUT2D eigenvalue weighted by molar-refractivity contribution is 5.86. The van der Waals surface area contributed by atoms with Gasteiger partial charge in [-0.3, -0.25) is 9.59 Å². The quantitative estimate of drug-likeness (QED) is 0.439. The molecule has 172 valence electrons. The first-order valence-corrected chi connectivity index (χ1v) is 10.8. The zero-order valence-electron chi connectivity index (χ0n) is 18.0. The van der Waals surface area contributed by atoms with Crippen molar-refractivity contribution >= 4 is 11.8 Å². The fourth-order valence-corrected chi connectivity index (χ4v) is 3.47. The van der Waals surface area contributed by atoms with E-state index < -0.39 is 0 Å². The average Bonchev–Trinajstić information content (AvgIpc) is 3.49. The van der Waals surface area contributed by atoms with E-state index in [0.29, 0.717) is 50.0 Å². The van der Waals surface area contributed by atoms with Crippen LogP contribution in [0.5, 0.6) is 0 Å². The van der Waals surface area contributed by atoms with E-state index in [-0.39, 0.29) is 30.8 Å². The van der Waals surface area contributed by atoms with Crippen molar-refractivity contribution in [3.63, 3.8) is 0 Å². The number of amides is 2. The van der Waals surface area contributed by atoms with Crippen molar-refractivity contribution in [3.05, 3.63) is 60.0 Å². The number of nitrogens with zero attached hydrogens (tertiary/aromatic N) is 5. The molecular weight excluding hydrogens is 426 g/mol. The maximum Gasteiger partial charge on any atom is 0.276 e. The van der Waals surface area contributed by atoms with Crippen molar-refractivity contribution in [3.8, 4) is 11.4 Å². The second-order valence-electron chi connectivity index (χ2n) is 7.57. The van der Waals surface area contributed by atoms with E-state index in [9.17, 15) is 9.59 Å². The lowest BCUT2D eigenvalue weighted by atomic mass is 9.93. The lowest BCUT2D eigenvalue weighted by Crippen LogP contribution is -2.28. The number of allylic oxidation sites excluding steroid dienone is 3. The van der Waals surface area contributed by atoms with Crippen LogP contribution in [0.15, 0.2) is 68.9 Å². The molecule has 0 saturated carbocycles. The van der Waals surface area contributed by atoms with E-state index >= 15 is 0 Å². The van der Waals surface area contributed by atoms with Gasteiger partial charge in [-0.15, -0.1) is 10.2 Å². The third kappa shape index (κ3) is 5.69. The van der Waals surface area contributed by atoms with Gasteiger partial charge in [-0.1, -0.05) is 29.5 Å². The molecule has 2 aromatic heterocycles. The molecule has 11 heteroatoms. The summed E-state index contributed by atoms with van der Waals surface area (Å²) in [4.78, 5) is 28.2. The molecular formula is C22H25N7O4. The molecule has 4 rings (SSSR count). The number of fused-ring (bicyclic) bond motifs is 1. The standard InChI is InChI=1S/C22H25N7O4/c30-13-12-29-11-8-15(14-29)20-25-19(33-28-20)7-6-18(31)23-9-3-10-24-21-16-4-1-2-5-17(16)22(32)27-26-21/h1-2,4-5,8,11,14,17,24,30H,3,6-7,9-10,12-13H2,(H,23,31). The van der Waals surface area contributed by atoms with Crippen LogP contribution in [0.3, 0.4) is 0 Å². The van der Waals surface area contributed by atoms with E-state index in [2.05, 4.69) is 31.0 Å². The summed E-state index contributed by atoms with van der Waals surface area (Å²) >= 11 is 0. The summed E-state index contributed by atoms with van der Waals surface area (Å²) in [5.41, 5.74) is 1.60. The number of aromatic nitrogens is 3. The van der Waals surface area contributed by atoms with Crippen LogP contribution in [0.4, 0.5) is 0 Å². The van der Waals surface area contributed by atoms with Crippen molar-refractivity contribution in [1.29, 1.82) is 0 Å². The Bertz CT molecular complexity index is 1130. The van der Waals surface area contributed by atoms with Crippen LogP contribution in [-0.2, 0) is 22.6 Å². The van der Waals surface area contributed by atoms with Crippen LogP contribution >= 0.6 is 0 Å². The molecule has 0 radical (unpaired) electrons. The van der Waals surface area contributed by atoms with Crippen molar-refractivity contribution in [2.75, 3.05) is 19.7 Å². The topological polar surface area (TPSA) is 147 Å². The highest BCUT2D eigenvalue weighted by atomic mass is 16.5. The Balaban J connectivity index is 1.15. The van der Waals surface area contributed by atoms with Crippen molar-refractivity contribution in [1.82, 2.24) is 25.3 Å². The monoisotopic (exact) mass is 451 g/mol. The number of rotatable bonds is 11. The summed E-state index contributed by atoms with van der Waals surface area (Å²) in [7, 11) is 0. The van der Waals surface area contributed by atoms with Crippen LogP contribution in [0.1, 0.15) is 18.7 Å². The van der Waals surface area contributed by atoms with Crippen LogP contribution in [0.2, 0.25) is 0 Å². The Kier molecular flexibility index (Phi) is 7.20. The van der Waals surface area contributed by atoms with Gasteiger partial charge in [0.05, 0.1) is 12.5 Å². The Morgan fingerprint density at radius 1 is 1.24 bits per heavy atom. The van der Waals surface area contributed by atoms with Gasteiger partial charge in [0, 0.05) is 56.0 Å². The Labute approximate surface area is 190 Å². The molecule has 0 saturated heterocycles. The zero-order valence-corrected chi connectivity index (χ0v) is 18.0. The van der Waals surface area contributed by atoms with Gasteiger partial charge in [0.15, 0.2) is 5.82 Å². The molecule has 1 aliphatic carbocycles. The van der Waals surface area contributed by atoms with Crippen LogP contribution in [0, 0.1) is 5.92 Å². The SMILES string of the molecule is O=C(CCc1nc(-c2ccn(CCO)c2)no1)NCCCNC1=C2C=CC=CC2C(=O)N=N1. The minimum atomic E-state index is -0.375. The predicted molar refractivity (Wildman–Crippen MR) is 117 cm³/mol. The fraction of sp³-hybridized carbons (Fsp3) is 0.364. The third-order valence-electron chi connectivity index (χ3n) is 5.18. The number of hydrogen-bond donors (Lipinski definition) is 3. The number of nitrogens with one attached hydrogen (secondary N) is 2. The fourth-order valence-electron chi connectivity index (χ4n) is 3.47. The average molecular weight is 451 g/mol. The molecule has 1 aliphatic heterocycles. The first-order chi connectivity index (χ1) is 16.1. The van der Waals surface area contributed by atoms with Gasteiger partial charge in [-0.2, -0.15) is 4.98 Å². The first kappa shape index (κ1) is 22.3. The van der Waals surface area contributed by atoms with Gasteiger partial charge in [0.1, 0.15) is 0 Å². The number of hydrogen-bond acceptors (Lipinski definition) is 8. The molecule has 11 nitrogen and oxygen atoms in total. The molecule has 2 aliphatic rings. The summed E-state index contributed by atoms with van der Waals surface area (Å²) in [5, 5.41) is 26.6. The van der Waals surface area contributed by atoms with Crippen molar-refractivity contribution < 1.29 is 19.2 Å². The predicted octanol–water partition coefficient (Wildman–Crippen LogP) is 1.51. The molecule has 3 heterocycles. The van der Waals surface area contributed by atoms with E-state index in [1.807, 2.05) is 41.3 Å². The highest BCUT2D eigenvalue weighted by Crippen LogP contribution is 2.27. The van der Waals surface area contributed by atoms with Gasteiger partial charge in [0.2, 0.25) is 17.6 Å². The zero-order chi connectivity index (χ0) is 23.0. The number of aliphatic hydroxyl groups is 1. The maximum atomic E-state index is 12.1. The van der Waals surface area contributed by atoms with Crippen LogP contribution < -0.4 is 10.6 Å². The molecule has 0 bridgehead atoms. The molecule has 2 amide bonds. The molecule has 0 aromatic carbocycles. The molecule has 2 aromatic rings. The van der Waals surface area contributed by atoms with E-state index in [0.717, 1.165) is 11.1 Å². The highest BCUT2D eigenvalue weighted by Gasteiger charge is 2.26. The summed E-state index contributed by atoms with van der Waals surface area (Å²) in [6.07, 6.45) is 12.3. The number of azo groups is 1. The number of carbonyl (C=O) groups is 2. The number of carbonyl (C=O) groups excluding carboxylic acids is 2. The molecule has 3 N–H and O–H groups in total. The van der Waals surface area contributed by atoms with Gasteiger partial charge < -0.3 is 24.8 Å². The molecule has 1 atom stereocenters. The second kappa shape index (κ2) is 10.6. The summed E-state index contributed by atoms with van der Waals surface area (Å²) in [6.45, 7) is 1.63. The summed E-state index contributed by atoms with van der Waals surface area (Å²) in [6, 6.07) is 1.84. The first-order valence-electron chi connectivity index (χ1n) is 10.8. The van der Waals surface area contributed by atoms with E-state index in [1.165, 1.54) is 0 Å². The molecule has 0 spiro atoms. The number of aryl methyl sites for hydroxylation is 1. The summed E-state index contributed by atoms with van der Waals surface area (Å²) < 4.78 is 7.07. The lowest BCUT2D eigenvalue weighted by Gasteiger charge is -2.20. The van der Waals surface area contributed by atoms with Crippen LogP contribution in [0.25, 0.3) is 11.4 Å². The third-order valence-corrected chi connectivity index (χ3v) is 5.18. The largest absolute Gasteiger partial charge is 0.395 e. The van der Waals surface area contributed by atoms with Crippen LogP contribution in [-0.4, -0.2) is 51.3 Å². The normalized spacial score (nSPS) is 16.9. The number of aliphatic hydroxyl groups excluding tert-OH is 1. The van der Waals surface area contributed by atoms with Gasteiger partial charge in [0.25, 0.3) is 5.91 Å². The Morgan fingerprint density at radius 2 is 2.15 bits per heavy atom. The minimum Gasteiger partial charge on any atom is -0.395 e. The molecule has 33 heavy (non-hydrogen) atoms. The maximum absolute atomic E-state index is 12.1. The van der Waals surface area contributed by atoms with Crippen molar-refractivity contribution in [2.45, 2.75) is 25.8 Å². The Morgan fingerprint density at radius 3 is 3.03 bits per heavy atom. The summed E-state index contributed by atoms with van der Waals surface area (Å²) in [5.74, 6) is 0.694. The second-order valence-corrected chi connectivity index (χ2v) is 7.57. The minimum absolute atomic E-state index is 0.0528. The van der Waals surface area contributed by atoms with Gasteiger partial charge in [-0.05, 0) is 12.5 Å². The van der Waals surface area contributed by atoms with E-state index in [4.69, 9.17) is 9.63 Å². The van der Waals surface area contributed by atoms with Gasteiger partial charge >= 0.3 is 0 Å². The molecule has 0 fully saturated rings. The van der Waals surface area contributed by atoms with E-state index in [1.54, 1.807) is 6.08 Å².